The molecule has 53 heavy (non-hydrogen) atoms. The van der Waals surface area contributed by atoms with E-state index in [0.29, 0.717) is 33.2 Å². The van der Waals surface area contributed by atoms with Gasteiger partial charge in [0, 0.05) is 27.8 Å². The van der Waals surface area contributed by atoms with Gasteiger partial charge in [0.1, 0.15) is 0 Å². The highest BCUT2D eigenvalue weighted by Crippen LogP contribution is 2.38. The Bertz CT molecular complexity index is 2350. The summed E-state index contributed by atoms with van der Waals surface area (Å²) in [5, 5.41) is 12.4. The van der Waals surface area contributed by atoms with Crippen molar-refractivity contribution in [1.29, 1.82) is 0 Å². The Balaban J connectivity index is 0.000000204. The van der Waals surface area contributed by atoms with Crippen molar-refractivity contribution in [2.75, 3.05) is 32.7 Å². The lowest BCUT2D eigenvalue weighted by molar-refractivity contribution is -0.138. The molecule has 6 rings (SSSR count). The van der Waals surface area contributed by atoms with E-state index in [1.165, 1.54) is 12.1 Å². The zero-order valence-corrected chi connectivity index (χ0v) is 29.0. The number of anilines is 6. The second kappa shape index (κ2) is 15.6. The Morgan fingerprint density at radius 2 is 0.981 bits per heavy atom. The number of carbonyl (C=O) groups excluding carboxylic acids is 2. The second-order valence-corrected chi connectivity index (χ2v) is 12.5. The predicted molar refractivity (Wildman–Crippen MR) is 200 cm³/mol. The number of urea groups is 2. The SMILES string of the molecule is Nc1cc2c(NC(=O)Nc3ccc(Cl)c(C(F)(F)F)c3)cccc2cc1Cl.Nc1ccc2cccc(NC(=O)Nc3ccc(Cl)c(C(F)(F)F)c3)c2c1. The molecule has 0 saturated carbocycles. The first-order valence-electron chi connectivity index (χ1n) is 15.0. The number of amides is 4. The van der Waals surface area contributed by atoms with Gasteiger partial charge in [-0.05, 0) is 83.6 Å². The Hall–Kier alpha value is -5.57. The zero-order valence-electron chi connectivity index (χ0n) is 26.7. The number of benzene rings is 6. The van der Waals surface area contributed by atoms with Crippen LogP contribution in [0.3, 0.4) is 0 Å². The Labute approximate surface area is 312 Å². The van der Waals surface area contributed by atoms with Crippen LogP contribution in [0.1, 0.15) is 11.1 Å². The minimum atomic E-state index is -4.63. The molecule has 0 aliphatic rings. The van der Waals surface area contributed by atoms with E-state index in [2.05, 4.69) is 21.3 Å². The highest BCUT2D eigenvalue weighted by Gasteiger charge is 2.34. The summed E-state index contributed by atoms with van der Waals surface area (Å²) in [5.41, 5.74) is 11.2. The Morgan fingerprint density at radius 3 is 1.47 bits per heavy atom. The first kappa shape index (κ1) is 38.7. The third-order valence-corrected chi connectivity index (χ3v) is 8.45. The molecule has 0 heterocycles. The topological polar surface area (TPSA) is 134 Å². The summed E-state index contributed by atoms with van der Waals surface area (Å²) < 4.78 is 77.5. The third kappa shape index (κ3) is 9.66. The van der Waals surface area contributed by atoms with Gasteiger partial charge in [0.2, 0.25) is 0 Å². The van der Waals surface area contributed by atoms with E-state index < -0.39 is 45.6 Å². The van der Waals surface area contributed by atoms with Gasteiger partial charge in [-0.15, -0.1) is 0 Å². The summed E-state index contributed by atoms with van der Waals surface area (Å²) in [6, 6.07) is 23.8. The van der Waals surface area contributed by atoms with Gasteiger partial charge in [0.15, 0.2) is 0 Å². The fourth-order valence-electron chi connectivity index (χ4n) is 5.03. The minimum absolute atomic E-state index is 0.0287. The molecule has 0 saturated heterocycles. The monoisotopic (exact) mass is 792 g/mol. The van der Waals surface area contributed by atoms with Crippen molar-refractivity contribution in [2.45, 2.75) is 12.4 Å². The van der Waals surface area contributed by atoms with E-state index in [1.807, 2.05) is 12.1 Å². The van der Waals surface area contributed by atoms with Crippen LogP contribution in [0.25, 0.3) is 21.5 Å². The van der Waals surface area contributed by atoms with E-state index in [-0.39, 0.29) is 11.4 Å². The van der Waals surface area contributed by atoms with E-state index >= 15 is 0 Å². The number of halogens is 9. The molecule has 6 aromatic carbocycles. The average Bonchev–Trinajstić information content (AvgIpc) is 3.07. The molecule has 0 atom stereocenters. The number of rotatable bonds is 4. The van der Waals surface area contributed by atoms with Crippen molar-refractivity contribution < 1.29 is 35.9 Å². The van der Waals surface area contributed by atoms with Crippen LogP contribution in [-0.2, 0) is 12.4 Å². The Kier molecular flexibility index (Phi) is 11.4. The number of nitrogens with two attached hydrogens (primary N) is 2. The van der Waals surface area contributed by atoms with Crippen molar-refractivity contribution >= 4 is 103 Å². The van der Waals surface area contributed by atoms with Crippen molar-refractivity contribution in [2.24, 2.45) is 0 Å². The molecule has 4 amide bonds. The molecule has 0 bridgehead atoms. The maximum Gasteiger partial charge on any atom is 0.417 e. The number of nitrogen functional groups attached to an aromatic ring is 2. The molecule has 0 aliphatic carbocycles. The van der Waals surface area contributed by atoms with Crippen LogP contribution in [0.5, 0.6) is 0 Å². The number of carbonyl (C=O) groups is 2. The maximum absolute atomic E-state index is 12.9. The summed E-state index contributed by atoms with van der Waals surface area (Å²) in [6.07, 6.45) is -9.24. The molecule has 0 unspecified atom stereocenters. The van der Waals surface area contributed by atoms with Gasteiger partial charge in [-0.2, -0.15) is 26.3 Å². The van der Waals surface area contributed by atoms with Crippen LogP contribution in [0.2, 0.25) is 15.1 Å². The molecule has 0 spiro atoms. The second-order valence-electron chi connectivity index (χ2n) is 11.2. The van der Waals surface area contributed by atoms with E-state index in [0.717, 1.165) is 40.4 Å². The van der Waals surface area contributed by atoms with E-state index in [4.69, 9.17) is 46.3 Å². The van der Waals surface area contributed by atoms with Gasteiger partial charge in [0.25, 0.3) is 0 Å². The summed E-state index contributed by atoms with van der Waals surface area (Å²) >= 11 is 17.1. The first-order chi connectivity index (χ1) is 24.9. The standard InChI is InChI=1S/C18H12Cl2F3N3O.C18H13ClF3N3O/c19-13-5-4-10(7-12(13)18(21,22)23)25-17(27)26-16-3-1-2-9-6-14(20)15(24)8-11(9)16;19-15-7-6-12(9-14(15)18(20,21)22)24-17(26)25-16-3-1-2-10-4-5-11(23)8-13(10)16/h1-8H,24H2,(H2,25,26,27);1-9H,23H2,(H2,24,25,26). The number of hydrogen-bond acceptors (Lipinski definition) is 4. The summed E-state index contributed by atoms with van der Waals surface area (Å²) in [5.74, 6) is 0. The molecule has 6 aromatic rings. The quantitative estimate of drug-likeness (QED) is 0.0782. The third-order valence-electron chi connectivity index (χ3n) is 7.46. The lowest BCUT2D eigenvalue weighted by atomic mass is 10.1. The fourth-order valence-corrected chi connectivity index (χ4v) is 5.65. The van der Waals surface area contributed by atoms with Crippen LogP contribution in [0.4, 0.5) is 70.1 Å². The average molecular weight is 794 g/mol. The molecule has 0 aliphatic heterocycles. The van der Waals surface area contributed by atoms with Gasteiger partial charge in [0.05, 0.1) is 43.3 Å². The van der Waals surface area contributed by atoms with Crippen molar-refractivity contribution in [3.8, 4) is 0 Å². The fraction of sp³-hybridized carbons (Fsp3) is 0.0556. The number of nitrogens with one attached hydrogen (secondary N) is 4. The number of hydrogen-bond donors (Lipinski definition) is 6. The smallest absolute Gasteiger partial charge is 0.399 e. The predicted octanol–water partition coefficient (Wildman–Crippen LogP) is 12.1. The molecule has 0 fully saturated rings. The zero-order chi connectivity index (χ0) is 38.7. The van der Waals surface area contributed by atoms with Crippen molar-refractivity contribution in [1.82, 2.24) is 0 Å². The molecule has 17 heteroatoms. The minimum Gasteiger partial charge on any atom is -0.399 e. The molecule has 274 valence electrons. The van der Waals surface area contributed by atoms with Gasteiger partial charge in [-0.1, -0.05) is 65.1 Å². The van der Waals surface area contributed by atoms with Gasteiger partial charge in [-0.25, -0.2) is 9.59 Å². The lowest BCUT2D eigenvalue weighted by Gasteiger charge is -2.13. The maximum atomic E-state index is 12.9. The van der Waals surface area contributed by atoms with E-state index in [1.54, 1.807) is 54.6 Å². The molecule has 8 nitrogen and oxygen atoms in total. The van der Waals surface area contributed by atoms with Crippen molar-refractivity contribution in [3.63, 3.8) is 0 Å². The number of fused-ring (bicyclic) bond motifs is 2. The van der Waals surface area contributed by atoms with Crippen LogP contribution in [0, 0.1) is 0 Å². The molecular weight excluding hydrogens is 769 g/mol. The van der Waals surface area contributed by atoms with Gasteiger partial charge >= 0.3 is 24.4 Å². The van der Waals surface area contributed by atoms with Gasteiger partial charge < -0.3 is 32.7 Å². The Morgan fingerprint density at radius 1 is 0.509 bits per heavy atom. The van der Waals surface area contributed by atoms with Gasteiger partial charge in [-0.3, -0.25) is 0 Å². The summed E-state index contributed by atoms with van der Waals surface area (Å²) in [6.45, 7) is 0. The summed E-state index contributed by atoms with van der Waals surface area (Å²) in [7, 11) is 0. The largest absolute Gasteiger partial charge is 0.417 e. The summed E-state index contributed by atoms with van der Waals surface area (Å²) in [4.78, 5) is 24.4. The highest BCUT2D eigenvalue weighted by molar-refractivity contribution is 6.34. The normalized spacial score (nSPS) is 11.4. The molecule has 0 aromatic heterocycles. The van der Waals surface area contributed by atoms with Crippen LogP contribution in [-0.4, -0.2) is 12.1 Å². The lowest BCUT2D eigenvalue weighted by Crippen LogP contribution is -2.20. The first-order valence-corrected chi connectivity index (χ1v) is 16.2. The molecule has 8 N–H and O–H groups in total. The molecular formula is C36H25Cl3F6N6O2. The van der Waals surface area contributed by atoms with Crippen LogP contribution >= 0.6 is 34.8 Å². The highest BCUT2D eigenvalue weighted by atomic mass is 35.5. The number of alkyl halides is 6. The molecule has 0 radical (unpaired) electrons. The van der Waals surface area contributed by atoms with Crippen molar-refractivity contribution in [3.05, 3.63) is 129 Å². The van der Waals surface area contributed by atoms with E-state index in [9.17, 15) is 35.9 Å². The van der Waals surface area contributed by atoms with Crippen LogP contribution in [0.15, 0.2) is 103 Å². The van der Waals surface area contributed by atoms with Crippen LogP contribution < -0.4 is 32.7 Å².